The Balaban J connectivity index is 0.00000533. The number of carbonyl (C=O) groups excluding carboxylic acids is 1. The first-order valence-electron chi connectivity index (χ1n) is 11.5. The van der Waals surface area contributed by atoms with Crippen LogP contribution in [0.15, 0.2) is 36.7 Å². The number of aliphatic hydroxyl groups is 2. The number of nitrogens with zero attached hydrogens (tertiary/aromatic N) is 6. The third-order valence-corrected chi connectivity index (χ3v) is 6.40. The molecule has 0 aliphatic heterocycles. The van der Waals surface area contributed by atoms with Crippen LogP contribution in [0, 0.1) is 5.82 Å². The number of sulfonamides is 1. The van der Waals surface area contributed by atoms with Crippen LogP contribution in [0.3, 0.4) is 0 Å². The molecule has 2 N–H and O–H groups in total. The smallest absolute Gasteiger partial charge is 0.550 e. The van der Waals surface area contributed by atoms with Crippen LogP contribution in [-0.2, 0) is 21.9 Å². The van der Waals surface area contributed by atoms with Gasteiger partial charge in [0, 0.05) is 37.0 Å². The van der Waals surface area contributed by atoms with E-state index in [4.69, 9.17) is 0 Å². The van der Waals surface area contributed by atoms with E-state index in [2.05, 4.69) is 20.1 Å². The predicted molar refractivity (Wildman–Crippen MR) is 135 cm³/mol. The fourth-order valence-corrected chi connectivity index (χ4v) is 4.54. The number of aliphatic hydroxyl groups excluding tert-OH is 2. The molecule has 204 valence electrons. The molecular weight excluding hydrogens is 542 g/mol. The average molecular weight is 571 g/mol. The first-order valence-corrected chi connectivity index (χ1v) is 13.4. The molecule has 0 unspecified atom stereocenters. The molecule has 39 heavy (non-hydrogen) atoms. The van der Waals surface area contributed by atoms with Crippen LogP contribution in [-0.4, -0.2) is 67.8 Å². The van der Waals surface area contributed by atoms with Gasteiger partial charge in [0.25, 0.3) is 0 Å². The minimum atomic E-state index is -3.99. The van der Waals surface area contributed by atoms with E-state index < -0.39 is 40.4 Å². The molecule has 0 amide bonds. The van der Waals surface area contributed by atoms with Gasteiger partial charge in [-0.15, -0.1) is 0 Å². The van der Waals surface area contributed by atoms with Crippen molar-refractivity contribution in [3.05, 3.63) is 53.7 Å². The Morgan fingerprint density at radius 3 is 2.36 bits per heavy atom. The number of hydrogen-bond acceptors (Lipinski definition) is 10. The van der Waals surface area contributed by atoms with Gasteiger partial charge in [0.15, 0.2) is 0 Å². The van der Waals surface area contributed by atoms with Gasteiger partial charge in [-0.25, -0.2) is 27.5 Å². The second-order valence-corrected chi connectivity index (χ2v) is 10.8. The maximum Gasteiger partial charge on any atom is 1.00 e. The molecule has 0 saturated carbocycles. The molecule has 2 heterocycles. The quantitative estimate of drug-likeness (QED) is 0.243. The van der Waals surface area contributed by atoms with Gasteiger partial charge >= 0.3 is 29.6 Å². The Kier molecular flexibility index (Phi) is 11.3. The molecule has 3 aromatic rings. The summed E-state index contributed by atoms with van der Waals surface area (Å²) in [6.07, 6.45) is 1.55. The zero-order chi connectivity index (χ0) is 28.2. The maximum atomic E-state index is 13.7. The zero-order valence-electron chi connectivity index (χ0n) is 22.2. The summed E-state index contributed by atoms with van der Waals surface area (Å²) < 4.78 is 41.5. The minimum Gasteiger partial charge on any atom is -0.550 e. The normalized spacial score (nSPS) is 13.3. The fourth-order valence-electron chi connectivity index (χ4n) is 3.70. The molecular formula is C24H28FN6NaO6S. The van der Waals surface area contributed by atoms with Crippen LogP contribution < -0.4 is 39.0 Å². The topological polar surface area (TPSA) is 174 Å². The van der Waals surface area contributed by atoms with E-state index >= 15 is 0 Å². The molecule has 2 aromatic heterocycles. The van der Waals surface area contributed by atoms with E-state index in [1.54, 1.807) is 0 Å². The number of rotatable bonds is 11. The molecule has 3 rings (SSSR count). The molecule has 15 heteroatoms. The van der Waals surface area contributed by atoms with Gasteiger partial charge < -0.3 is 20.1 Å². The zero-order valence-corrected chi connectivity index (χ0v) is 25.0. The first kappa shape index (κ1) is 32.5. The molecule has 0 spiro atoms. The second-order valence-electron chi connectivity index (χ2n) is 8.94. The summed E-state index contributed by atoms with van der Waals surface area (Å²) in [4.78, 5) is 23.8. The molecule has 2 atom stereocenters. The van der Waals surface area contributed by atoms with Crippen molar-refractivity contribution in [3.63, 3.8) is 0 Å². The summed E-state index contributed by atoms with van der Waals surface area (Å²) in [5.41, 5.74) is 1.50. The number of anilines is 2. The molecule has 1 aromatic carbocycles. The number of aliphatic carboxylic acids is 1. The van der Waals surface area contributed by atoms with Gasteiger partial charge in [0.05, 0.1) is 29.9 Å². The fraction of sp³-hybridized carbons (Fsp3) is 0.375. The van der Waals surface area contributed by atoms with Crippen molar-refractivity contribution < 1.29 is 62.5 Å². The van der Waals surface area contributed by atoms with Crippen LogP contribution in [0.4, 0.5) is 16.3 Å². The summed E-state index contributed by atoms with van der Waals surface area (Å²) in [5.74, 6) is -2.46. The Morgan fingerprint density at radius 1 is 1.21 bits per heavy atom. The Bertz CT molecular complexity index is 1430. The van der Waals surface area contributed by atoms with Crippen LogP contribution in [0.2, 0.25) is 0 Å². The standard InChI is InChI=1S/C24H29FN6O6S.Na/c1-14(2)21-19(10-9-17(32)11-18(33)12-20(34)35)22(15-5-7-16(25)8-6-15)29-23(28-21)31(38(4,36)37)24-26-13-27-30(24)3;/h5-10,13-14,17-18,32-33H,11-12H2,1-4H3,(H,34,35);/q;+1/p-1/b10-9+;/t17-,18-;/m1./s1. The van der Waals surface area contributed by atoms with Crippen molar-refractivity contribution in [3.8, 4) is 11.3 Å². The number of hydrogen-bond donors (Lipinski definition) is 2. The summed E-state index contributed by atoms with van der Waals surface area (Å²) in [6, 6.07) is 5.38. The van der Waals surface area contributed by atoms with Crippen molar-refractivity contribution in [1.82, 2.24) is 24.7 Å². The Labute approximate surface area is 247 Å². The van der Waals surface area contributed by atoms with Crippen molar-refractivity contribution in [2.24, 2.45) is 7.05 Å². The summed E-state index contributed by atoms with van der Waals surface area (Å²) in [6.45, 7) is 3.65. The van der Waals surface area contributed by atoms with Gasteiger partial charge in [-0.3, -0.25) is 0 Å². The van der Waals surface area contributed by atoms with E-state index in [1.165, 1.54) is 54.5 Å². The predicted octanol–water partition coefficient (Wildman–Crippen LogP) is -2.10. The van der Waals surface area contributed by atoms with Gasteiger partial charge in [-0.2, -0.15) is 14.4 Å². The van der Waals surface area contributed by atoms with E-state index in [9.17, 15) is 32.9 Å². The van der Waals surface area contributed by atoms with E-state index in [-0.39, 0.29) is 59.5 Å². The van der Waals surface area contributed by atoms with E-state index in [0.717, 1.165) is 10.6 Å². The molecule has 0 bridgehead atoms. The summed E-state index contributed by atoms with van der Waals surface area (Å²) >= 11 is 0. The minimum absolute atomic E-state index is 0. The van der Waals surface area contributed by atoms with Crippen LogP contribution in [0.5, 0.6) is 0 Å². The number of carbonyl (C=O) groups is 1. The van der Waals surface area contributed by atoms with Crippen molar-refractivity contribution in [2.75, 3.05) is 10.6 Å². The number of carboxylic acids is 1. The number of carboxylic acid groups (broad SMARTS) is 1. The van der Waals surface area contributed by atoms with E-state index in [0.29, 0.717) is 16.8 Å². The monoisotopic (exact) mass is 570 g/mol. The van der Waals surface area contributed by atoms with Crippen LogP contribution >= 0.6 is 0 Å². The number of halogens is 1. The van der Waals surface area contributed by atoms with Crippen LogP contribution in [0.25, 0.3) is 17.3 Å². The molecule has 0 aliphatic rings. The summed E-state index contributed by atoms with van der Waals surface area (Å²) in [7, 11) is -2.48. The number of aromatic nitrogens is 5. The molecule has 0 aliphatic carbocycles. The Morgan fingerprint density at radius 2 is 1.85 bits per heavy atom. The van der Waals surface area contributed by atoms with Crippen molar-refractivity contribution in [1.29, 1.82) is 0 Å². The van der Waals surface area contributed by atoms with Gasteiger partial charge in [0.1, 0.15) is 12.1 Å². The molecule has 12 nitrogen and oxygen atoms in total. The Hall–Kier alpha value is -2.75. The number of aryl methyl sites for hydroxylation is 1. The first-order chi connectivity index (χ1) is 17.8. The summed E-state index contributed by atoms with van der Waals surface area (Å²) in [5, 5.41) is 34.8. The molecule has 0 radical (unpaired) electrons. The van der Waals surface area contributed by atoms with Crippen molar-refractivity contribution >= 4 is 34.0 Å². The number of benzene rings is 1. The maximum absolute atomic E-state index is 13.7. The van der Waals surface area contributed by atoms with E-state index in [1.807, 2.05) is 13.8 Å². The van der Waals surface area contributed by atoms with Crippen LogP contribution in [0.1, 0.15) is 43.9 Å². The third-order valence-electron chi connectivity index (χ3n) is 5.41. The molecule has 0 fully saturated rings. The van der Waals surface area contributed by atoms with Gasteiger partial charge in [-0.05, 0) is 30.2 Å². The second kappa shape index (κ2) is 13.5. The van der Waals surface area contributed by atoms with Gasteiger partial charge in [-0.1, -0.05) is 26.0 Å². The third kappa shape index (κ3) is 8.37. The van der Waals surface area contributed by atoms with Crippen molar-refractivity contribution in [2.45, 2.75) is 44.8 Å². The van der Waals surface area contributed by atoms with Gasteiger partial charge in [0.2, 0.25) is 21.9 Å². The average Bonchev–Trinajstić information content (AvgIpc) is 3.21. The SMILES string of the molecule is CC(C)c1nc(N(c2ncnn2C)S(C)(=O)=O)nc(-c2ccc(F)cc2)c1/C=C/[C@@H](O)C[C@@H](O)CC(=O)[O-].[Na+]. The molecule has 0 saturated heterocycles. The largest absolute Gasteiger partial charge is 1.00 e.